The maximum absolute atomic E-state index is 13.8. The largest absolute Gasteiger partial charge is 0.454 e. The van der Waals surface area contributed by atoms with Crippen LogP contribution >= 0.6 is 0 Å². The molecule has 1 amide bonds. The van der Waals surface area contributed by atoms with Crippen molar-refractivity contribution in [2.75, 3.05) is 5.73 Å². The van der Waals surface area contributed by atoms with Crippen LogP contribution in [0.2, 0.25) is 0 Å². The fourth-order valence-corrected chi connectivity index (χ4v) is 4.40. The molecule has 8 nitrogen and oxygen atoms in total. The van der Waals surface area contributed by atoms with E-state index >= 15 is 0 Å². The van der Waals surface area contributed by atoms with Crippen LogP contribution in [0.15, 0.2) is 55.0 Å². The van der Waals surface area contributed by atoms with Crippen molar-refractivity contribution >= 4 is 17.4 Å². The number of aromatic nitrogens is 2. The maximum Gasteiger partial charge on any atom is 0.272 e. The molecule has 2 atom stereocenters. The molecule has 0 radical (unpaired) electrons. The highest BCUT2D eigenvalue weighted by molar-refractivity contribution is 6.15. The Kier molecular flexibility index (Phi) is 3.94. The van der Waals surface area contributed by atoms with Crippen molar-refractivity contribution in [2.24, 2.45) is 0 Å². The van der Waals surface area contributed by atoms with Gasteiger partial charge in [-0.15, -0.1) is 0 Å². The number of carbonyl (C=O) groups is 2. The molecule has 4 N–H and O–H groups in total. The van der Waals surface area contributed by atoms with Gasteiger partial charge < -0.3 is 20.9 Å². The Morgan fingerprint density at radius 2 is 2.00 bits per heavy atom. The van der Waals surface area contributed by atoms with E-state index in [4.69, 9.17) is 10.5 Å². The highest BCUT2D eigenvalue weighted by atomic mass is 16.6. The molecule has 0 bridgehead atoms. The lowest BCUT2D eigenvalue weighted by atomic mass is 9.82. The van der Waals surface area contributed by atoms with E-state index in [1.807, 2.05) is 19.9 Å². The smallest absolute Gasteiger partial charge is 0.272 e. The van der Waals surface area contributed by atoms with Crippen molar-refractivity contribution in [3.8, 4) is 5.75 Å². The minimum atomic E-state index is -2.16. The zero-order valence-electron chi connectivity index (χ0n) is 16.9. The van der Waals surface area contributed by atoms with E-state index in [-0.39, 0.29) is 28.4 Å². The van der Waals surface area contributed by atoms with Gasteiger partial charge in [0.25, 0.3) is 11.7 Å². The number of nitrogen functional groups attached to an aromatic ring is 1. The van der Waals surface area contributed by atoms with Crippen LogP contribution in [0.25, 0.3) is 0 Å². The van der Waals surface area contributed by atoms with Gasteiger partial charge in [0.05, 0.1) is 11.8 Å². The van der Waals surface area contributed by atoms with Gasteiger partial charge >= 0.3 is 0 Å². The number of hydrogen-bond donors (Lipinski definition) is 3. The summed E-state index contributed by atoms with van der Waals surface area (Å²) in [7, 11) is 0. The van der Waals surface area contributed by atoms with Gasteiger partial charge in [0, 0.05) is 29.2 Å². The lowest BCUT2D eigenvalue weighted by molar-refractivity contribution is -0.169. The van der Waals surface area contributed by atoms with E-state index in [1.165, 1.54) is 18.6 Å². The molecule has 1 aliphatic heterocycles. The number of anilines is 1. The first-order valence-electron chi connectivity index (χ1n) is 9.87. The molecule has 2 heterocycles. The van der Waals surface area contributed by atoms with E-state index in [1.54, 1.807) is 30.3 Å². The summed E-state index contributed by atoms with van der Waals surface area (Å²) in [5.74, 6) is -2.85. The number of amides is 1. The monoisotopic (exact) mass is 416 g/mol. The van der Waals surface area contributed by atoms with Crippen molar-refractivity contribution in [2.45, 2.75) is 31.1 Å². The summed E-state index contributed by atoms with van der Waals surface area (Å²) in [6.07, 6.45) is 4.09. The van der Waals surface area contributed by atoms with E-state index in [0.29, 0.717) is 11.3 Å². The van der Waals surface area contributed by atoms with Gasteiger partial charge in [0.15, 0.2) is 0 Å². The van der Waals surface area contributed by atoms with Crippen LogP contribution in [-0.4, -0.2) is 26.8 Å². The van der Waals surface area contributed by atoms with Gasteiger partial charge in [-0.1, -0.05) is 38.1 Å². The predicted molar refractivity (Wildman–Crippen MR) is 111 cm³/mol. The third-order valence-corrected chi connectivity index (χ3v) is 5.97. The second kappa shape index (κ2) is 6.36. The van der Waals surface area contributed by atoms with Gasteiger partial charge in [0.2, 0.25) is 11.3 Å². The minimum absolute atomic E-state index is 0.00297. The molecule has 2 aliphatic rings. The van der Waals surface area contributed by atoms with Gasteiger partial charge in [0.1, 0.15) is 11.4 Å². The Balaban J connectivity index is 1.74. The topological polar surface area (TPSA) is 127 Å². The molecule has 0 spiro atoms. The Labute approximate surface area is 178 Å². The second-order valence-corrected chi connectivity index (χ2v) is 8.05. The lowest BCUT2D eigenvalue weighted by Gasteiger charge is -2.34. The maximum atomic E-state index is 13.8. The van der Waals surface area contributed by atoms with E-state index in [9.17, 15) is 14.7 Å². The lowest BCUT2D eigenvalue weighted by Crippen LogP contribution is -2.60. The molecule has 8 heteroatoms. The Morgan fingerprint density at radius 1 is 1.19 bits per heavy atom. The summed E-state index contributed by atoms with van der Waals surface area (Å²) >= 11 is 0. The Morgan fingerprint density at radius 3 is 2.71 bits per heavy atom. The zero-order chi connectivity index (χ0) is 22.0. The average Bonchev–Trinajstić information content (AvgIpc) is 3.12. The number of ketones is 1. The molecule has 31 heavy (non-hydrogen) atoms. The molecule has 2 aromatic carbocycles. The van der Waals surface area contributed by atoms with Gasteiger partial charge in [-0.05, 0) is 23.6 Å². The van der Waals surface area contributed by atoms with Crippen molar-refractivity contribution in [1.82, 2.24) is 15.3 Å². The van der Waals surface area contributed by atoms with Crippen LogP contribution < -0.4 is 15.8 Å². The number of aliphatic hydroxyl groups is 1. The molecule has 1 aromatic heterocycles. The predicted octanol–water partition coefficient (Wildman–Crippen LogP) is 2.24. The number of benzene rings is 2. The van der Waals surface area contributed by atoms with E-state index in [2.05, 4.69) is 15.3 Å². The van der Waals surface area contributed by atoms with Crippen LogP contribution in [0.3, 0.4) is 0 Å². The summed E-state index contributed by atoms with van der Waals surface area (Å²) in [5.41, 5.74) is 6.04. The van der Waals surface area contributed by atoms with Crippen LogP contribution in [0.1, 0.15) is 57.3 Å². The Bertz CT molecular complexity index is 1240. The normalized spacial score (nSPS) is 23.2. The molecular weight excluding hydrogens is 396 g/mol. The molecular formula is C23H20N4O4. The molecule has 3 aromatic rings. The molecule has 1 aliphatic carbocycles. The molecule has 2 unspecified atom stereocenters. The number of hydrogen-bond acceptors (Lipinski definition) is 7. The molecule has 0 fully saturated rings. The first kappa shape index (κ1) is 19.2. The van der Waals surface area contributed by atoms with E-state index < -0.39 is 23.0 Å². The van der Waals surface area contributed by atoms with Gasteiger partial charge in [-0.2, -0.15) is 0 Å². The number of carbonyl (C=O) groups excluding carboxylic acids is 2. The molecule has 156 valence electrons. The molecule has 0 saturated carbocycles. The quantitative estimate of drug-likeness (QED) is 0.559. The third-order valence-electron chi connectivity index (χ3n) is 5.97. The van der Waals surface area contributed by atoms with Crippen LogP contribution in [0, 0.1) is 0 Å². The molecule has 0 saturated heterocycles. The number of fused-ring (bicyclic) bond motifs is 5. The highest BCUT2D eigenvalue weighted by Crippen LogP contribution is 2.59. The summed E-state index contributed by atoms with van der Waals surface area (Å²) in [4.78, 5) is 34.8. The highest BCUT2D eigenvalue weighted by Gasteiger charge is 2.72. The van der Waals surface area contributed by atoms with Crippen molar-refractivity contribution in [1.29, 1.82) is 0 Å². The van der Waals surface area contributed by atoms with Gasteiger partial charge in [-0.25, -0.2) is 4.98 Å². The number of nitrogens with two attached hydrogens (primary N) is 1. The Hall–Kier alpha value is -3.78. The summed E-state index contributed by atoms with van der Waals surface area (Å²) in [6.45, 7) is 4.05. The fourth-order valence-electron chi connectivity index (χ4n) is 4.40. The second-order valence-electron chi connectivity index (χ2n) is 8.05. The first-order valence-corrected chi connectivity index (χ1v) is 9.87. The average molecular weight is 416 g/mol. The van der Waals surface area contributed by atoms with Gasteiger partial charge in [-0.3, -0.25) is 14.6 Å². The van der Waals surface area contributed by atoms with Crippen LogP contribution in [0.5, 0.6) is 5.75 Å². The van der Waals surface area contributed by atoms with E-state index in [0.717, 1.165) is 5.56 Å². The number of ether oxygens (including phenoxy) is 1. The standard InChI is InChI=1S/C23H20N4O4/c1-12(2)13-6-7-14-18(10-13)31-23(30)15-4-3-5-16(24)19(15)20(28)22(14,23)27-21(29)17-11-25-8-9-26-17/h3-12,30H,24H2,1-2H3,(H,27,29). The third kappa shape index (κ3) is 2.39. The van der Waals surface area contributed by atoms with Crippen molar-refractivity contribution in [3.63, 3.8) is 0 Å². The minimum Gasteiger partial charge on any atom is -0.454 e. The SMILES string of the molecule is CC(C)c1ccc2c(c1)OC1(O)c3cccc(N)c3C(=O)C21NC(=O)c1cnccn1. The zero-order valence-corrected chi connectivity index (χ0v) is 16.9. The molecule has 5 rings (SSSR count). The van der Waals surface area contributed by atoms with Crippen LogP contribution in [-0.2, 0) is 11.3 Å². The first-order chi connectivity index (χ1) is 14.8. The number of nitrogens with one attached hydrogen (secondary N) is 1. The van der Waals surface area contributed by atoms with Crippen molar-refractivity contribution in [3.05, 3.63) is 82.9 Å². The number of rotatable bonds is 3. The fraction of sp³-hybridized carbons (Fsp3) is 0.217. The summed E-state index contributed by atoms with van der Waals surface area (Å²) < 4.78 is 6.03. The number of Topliss-reactive ketones (excluding diaryl/α,β-unsaturated/α-hetero) is 1. The summed E-state index contributed by atoms with van der Waals surface area (Å²) in [5, 5.41) is 14.5. The van der Waals surface area contributed by atoms with Crippen LogP contribution in [0.4, 0.5) is 5.69 Å². The number of nitrogens with zero attached hydrogens (tertiary/aromatic N) is 2. The summed E-state index contributed by atoms with van der Waals surface area (Å²) in [6, 6.07) is 10.1. The van der Waals surface area contributed by atoms with Crippen molar-refractivity contribution < 1.29 is 19.4 Å².